The van der Waals surface area contributed by atoms with Gasteiger partial charge in [0.15, 0.2) is 5.78 Å². The summed E-state index contributed by atoms with van der Waals surface area (Å²) in [5.41, 5.74) is 0.470. The van der Waals surface area contributed by atoms with Crippen LogP contribution < -0.4 is 0 Å². The summed E-state index contributed by atoms with van der Waals surface area (Å²) in [5, 5.41) is 30.4. The number of ether oxygens (including phenoxy) is 2. The van der Waals surface area contributed by atoms with Crippen molar-refractivity contribution in [2.24, 2.45) is 0 Å². The van der Waals surface area contributed by atoms with Gasteiger partial charge in [0.25, 0.3) is 0 Å². The van der Waals surface area contributed by atoms with Gasteiger partial charge in [0.1, 0.15) is 24.4 Å². The van der Waals surface area contributed by atoms with Gasteiger partial charge in [0.2, 0.25) is 6.29 Å². The Morgan fingerprint density at radius 1 is 0.885 bits per heavy atom. The Kier molecular flexibility index (Phi) is 5.43. The molecule has 136 valence electrons. The van der Waals surface area contributed by atoms with Crippen molar-refractivity contribution in [3.63, 3.8) is 0 Å². The Hall–Kier alpha value is -2.58. The molecule has 0 saturated carbocycles. The summed E-state index contributed by atoms with van der Waals surface area (Å²) in [6.45, 7) is 0. The van der Waals surface area contributed by atoms with E-state index in [0.29, 0.717) is 0 Å². The van der Waals surface area contributed by atoms with Gasteiger partial charge in [-0.25, -0.2) is 4.79 Å². The minimum absolute atomic E-state index is 0.232. The predicted molar refractivity (Wildman–Crippen MR) is 89.3 cm³/mol. The van der Waals surface area contributed by atoms with Crippen LogP contribution in [0.3, 0.4) is 0 Å². The standard InChI is InChI=1S/C19H18O7/c20-13(11-7-3-1-4-8-11)14(21)17-15(22)16(23)19(25-17)26-18(24)12-9-5-2-6-10-12/h1-10,14-17,19,21-23H/t14?,15-,16-,17+,19+/m0/s1. The lowest BCUT2D eigenvalue weighted by Crippen LogP contribution is -2.43. The Balaban J connectivity index is 1.69. The molecule has 3 N–H and O–H groups in total. The minimum Gasteiger partial charge on any atom is -0.429 e. The maximum atomic E-state index is 12.3. The number of benzene rings is 2. The number of rotatable bonds is 5. The Morgan fingerprint density at radius 2 is 1.42 bits per heavy atom. The van der Waals surface area contributed by atoms with Gasteiger partial charge in [0.05, 0.1) is 5.56 Å². The fourth-order valence-corrected chi connectivity index (χ4v) is 2.70. The summed E-state index contributed by atoms with van der Waals surface area (Å²) in [6.07, 6.45) is -7.83. The molecule has 7 heteroatoms. The highest BCUT2D eigenvalue weighted by Crippen LogP contribution is 2.27. The highest BCUT2D eigenvalue weighted by atomic mass is 16.7. The van der Waals surface area contributed by atoms with Gasteiger partial charge >= 0.3 is 5.97 Å². The number of hydrogen-bond donors (Lipinski definition) is 3. The van der Waals surface area contributed by atoms with E-state index < -0.39 is 42.5 Å². The molecule has 0 radical (unpaired) electrons. The number of carbonyl (C=O) groups is 2. The van der Waals surface area contributed by atoms with Gasteiger partial charge in [-0.15, -0.1) is 0 Å². The smallest absolute Gasteiger partial charge is 0.340 e. The van der Waals surface area contributed by atoms with Crippen LogP contribution in [0.4, 0.5) is 0 Å². The maximum Gasteiger partial charge on any atom is 0.340 e. The van der Waals surface area contributed by atoms with Crippen LogP contribution in [0.1, 0.15) is 20.7 Å². The average molecular weight is 358 g/mol. The first-order valence-electron chi connectivity index (χ1n) is 8.04. The number of hydrogen-bond acceptors (Lipinski definition) is 7. The summed E-state index contributed by atoms with van der Waals surface area (Å²) in [6, 6.07) is 16.0. The summed E-state index contributed by atoms with van der Waals surface area (Å²) in [7, 11) is 0. The van der Waals surface area contributed by atoms with Gasteiger partial charge in [0, 0.05) is 5.56 Å². The van der Waals surface area contributed by atoms with Crippen LogP contribution in [-0.4, -0.2) is 57.8 Å². The van der Waals surface area contributed by atoms with Gasteiger partial charge in [-0.3, -0.25) is 4.79 Å². The van der Waals surface area contributed by atoms with E-state index in [1.807, 2.05) is 0 Å². The third-order valence-electron chi connectivity index (χ3n) is 4.13. The van der Waals surface area contributed by atoms with E-state index in [1.54, 1.807) is 36.4 Å². The SMILES string of the molecule is O=C(O[C@H]1O[C@H](C(O)C(=O)c2ccccc2)[C@@H](O)[C@@H]1O)c1ccccc1. The summed E-state index contributed by atoms with van der Waals surface area (Å²) in [5.74, 6) is -1.43. The fraction of sp³-hybridized carbons (Fsp3) is 0.263. The van der Waals surface area contributed by atoms with Crippen LogP contribution in [0.15, 0.2) is 60.7 Å². The molecule has 0 spiro atoms. The Morgan fingerprint density at radius 3 is 2.00 bits per heavy atom. The molecule has 1 aliphatic rings. The van der Waals surface area contributed by atoms with Gasteiger partial charge in [-0.2, -0.15) is 0 Å². The molecule has 2 aromatic rings. The zero-order valence-electron chi connectivity index (χ0n) is 13.6. The summed E-state index contributed by atoms with van der Waals surface area (Å²) >= 11 is 0. The average Bonchev–Trinajstić information content (AvgIpc) is 2.96. The van der Waals surface area contributed by atoms with E-state index in [-0.39, 0.29) is 11.1 Å². The molecule has 2 aromatic carbocycles. The van der Waals surface area contributed by atoms with Crippen LogP contribution >= 0.6 is 0 Å². The lowest BCUT2D eigenvalue weighted by atomic mass is 9.98. The van der Waals surface area contributed by atoms with Crippen molar-refractivity contribution in [3.8, 4) is 0 Å². The van der Waals surface area contributed by atoms with Crippen molar-refractivity contribution in [3.05, 3.63) is 71.8 Å². The zero-order valence-corrected chi connectivity index (χ0v) is 13.6. The molecule has 1 heterocycles. The number of aliphatic hydroxyl groups excluding tert-OH is 3. The van der Waals surface area contributed by atoms with Crippen LogP contribution in [-0.2, 0) is 9.47 Å². The lowest BCUT2D eigenvalue weighted by molar-refractivity contribution is -0.145. The molecule has 1 saturated heterocycles. The van der Waals surface area contributed by atoms with Crippen LogP contribution in [0.25, 0.3) is 0 Å². The molecule has 0 amide bonds. The van der Waals surface area contributed by atoms with E-state index in [4.69, 9.17) is 9.47 Å². The number of esters is 1. The minimum atomic E-state index is -1.72. The third kappa shape index (κ3) is 3.66. The van der Waals surface area contributed by atoms with Crippen molar-refractivity contribution in [1.29, 1.82) is 0 Å². The second kappa shape index (κ2) is 7.76. The van der Waals surface area contributed by atoms with Crippen molar-refractivity contribution in [2.45, 2.75) is 30.7 Å². The monoisotopic (exact) mass is 358 g/mol. The lowest BCUT2D eigenvalue weighted by Gasteiger charge is -2.19. The number of Topliss-reactive ketones (excluding diaryl/α,β-unsaturated/α-hetero) is 1. The second-order valence-corrected chi connectivity index (χ2v) is 5.90. The first-order chi connectivity index (χ1) is 12.5. The quantitative estimate of drug-likeness (QED) is 0.528. The summed E-state index contributed by atoms with van der Waals surface area (Å²) < 4.78 is 10.3. The second-order valence-electron chi connectivity index (χ2n) is 5.90. The molecule has 1 fully saturated rings. The zero-order chi connectivity index (χ0) is 18.7. The molecule has 0 bridgehead atoms. The Bertz CT molecular complexity index is 762. The molecule has 0 aliphatic carbocycles. The van der Waals surface area contributed by atoms with E-state index in [1.165, 1.54) is 24.3 Å². The molecule has 1 unspecified atom stereocenters. The highest BCUT2D eigenvalue weighted by Gasteiger charge is 2.49. The topological polar surface area (TPSA) is 113 Å². The summed E-state index contributed by atoms with van der Waals surface area (Å²) in [4.78, 5) is 24.4. The molecule has 3 rings (SSSR count). The fourth-order valence-electron chi connectivity index (χ4n) is 2.70. The number of aliphatic hydroxyl groups is 3. The number of ketones is 1. The van der Waals surface area contributed by atoms with Crippen molar-refractivity contribution in [1.82, 2.24) is 0 Å². The molecule has 26 heavy (non-hydrogen) atoms. The van der Waals surface area contributed by atoms with Crippen LogP contribution in [0, 0.1) is 0 Å². The molecular formula is C19H18O7. The van der Waals surface area contributed by atoms with Gasteiger partial charge in [-0.1, -0.05) is 48.5 Å². The molecule has 1 aliphatic heterocycles. The van der Waals surface area contributed by atoms with Crippen molar-refractivity contribution >= 4 is 11.8 Å². The maximum absolute atomic E-state index is 12.3. The van der Waals surface area contributed by atoms with E-state index in [0.717, 1.165) is 0 Å². The normalized spacial score (nSPS) is 26.3. The van der Waals surface area contributed by atoms with Crippen LogP contribution in [0.2, 0.25) is 0 Å². The molecule has 7 nitrogen and oxygen atoms in total. The van der Waals surface area contributed by atoms with E-state index in [2.05, 4.69) is 0 Å². The molecular weight excluding hydrogens is 340 g/mol. The number of carbonyl (C=O) groups excluding carboxylic acids is 2. The van der Waals surface area contributed by atoms with Crippen LogP contribution in [0.5, 0.6) is 0 Å². The van der Waals surface area contributed by atoms with Crippen molar-refractivity contribution in [2.75, 3.05) is 0 Å². The van der Waals surface area contributed by atoms with E-state index in [9.17, 15) is 24.9 Å². The molecule has 5 atom stereocenters. The van der Waals surface area contributed by atoms with E-state index >= 15 is 0 Å². The van der Waals surface area contributed by atoms with Gasteiger partial charge < -0.3 is 24.8 Å². The molecule has 0 aromatic heterocycles. The largest absolute Gasteiger partial charge is 0.429 e. The Labute approximate surface area is 149 Å². The van der Waals surface area contributed by atoms with Crippen molar-refractivity contribution < 1.29 is 34.4 Å². The third-order valence-corrected chi connectivity index (χ3v) is 4.13. The predicted octanol–water partition coefficient (Wildman–Crippen LogP) is 0.534. The van der Waals surface area contributed by atoms with Gasteiger partial charge in [-0.05, 0) is 12.1 Å². The highest BCUT2D eigenvalue weighted by molar-refractivity contribution is 5.99. The first-order valence-corrected chi connectivity index (χ1v) is 8.04. The first kappa shape index (κ1) is 18.2.